The standard InChI is InChI=1S/C26H28ClNO2/c27-22-12-14-23(15-13-22)29-19-7-17-26(21-8-3-1-4-9-21)20-28-18-16-25(26)30-24-10-5-2-6-11-24/h1-6,8-15,25,28H,7,16-20H2. The van der Waals surface area contributed by atoms with Crippen molar-refractivity contribution in [3.05, 3.63) is 95.5 Å². The van der Waals surface area contributed by atoms with Gasteiger partial charge in [0.05, 0.1) is 6.61 Å². The summed E-state index contributed by atoms with van der Waals surface area (Å²) in [5, 5.41) is 4.34. The third kappa shape index (κ3) is 4.97. The SMILES string of the molecule is Clc1ccc(OCCCC2(c3ccccc3)CNCCC2Oc2ccccc2)cc1. The van der Waals surface area contributed by atoms with Crippen LogP contribution in [0.15, 0.2) is 84.9 Å². The highest BCUT2D eigenvalue weighted by Crippen LogP contribution is 2.38. The molecule has 1 aliphatic rings. The molecule has 3 nitrogen and oxygen atoms in total. The summed E-state index contributed by atoms with van der Waals surface area (Å²) in [6.45, 7) is 2.52. The minimum absolute atomic E-state index is 0.0985. The van der Waals surface area contributed by atoms with Crippen molar-refractivity contribution >= 4 is 11.6 Å². The monoisotopic (exact) mass is 421 g/mol. The largest absolute Gasteiger partial charge is 0.494 e. The molecule has 1 saturated heterocycles. The number of rotatable bonds is 8. The van der Waals surface area contributed by atoms with Crippen LogP contribution in [0.1, 0.15) is 24.8 Å². The maximum atomic E-state index is 6.56. The van der Waals surface area contributed by atoms with Gasteiger partial charge in [-0.2, -0.15) is 0 Å². The molecule has 0 radical (unpaired) electrons. The molecule has 0 saturated carbocycles. The zero-order chi connectivity index (χ0) is 20.7. The van der Waals surface area contributed by atoms with E-state index in [2.05, 4.69) is 35.6 Å². The van der Waals surface area contributed by atoms with E-state index in [1.807, 2.05) is 54.6 Å². The van der Waals surface area contributed by atoms with Crippen LogP contribution in [0.5, 0.6) is 11.5 Å². The maximum Gasteiger partial charge on any atom is 0.119 e. The molecule has 0 amide bonds. The van der Waals surface area contributed by atoms with Gasteiger partial charge in [-0.25, -0.2) is 0 Å². The Morgan fingerprint density at radius 3 is 2.30 bits per heavy atom. The number of hydrogen-bond donors (Lipinski definition) is 1. The van der Waals surface area contributed by atoms with E-state index in [0.29, 0.717) is 6.61 Å². The van der Waals surface area contributed by atoms with Crippen molar-refractivity contribution in [2.24, 2.45) is 0 Å². The van der Waals surface area contributed by atoms with Crippen molar-refractivity contribution in [2.45, 2.75) is 30.8 Å². The topological polar surface area (TPSA) is 30.5 Å². The fourth-order valence-corrected chi connectivity index (χ4v) is 4.46. The lowest BCUT2D eigenvalue weighted by Gasteiger charge is -2.45. The Bertz CT molecular complexity index is 901. The summed E-state index contributed by atoms with van der Waals surface area (Å²) in [4.78, 5) is 0. The molecular formula is C26H28ClNO2. The maximum absolute atomic E-state index is 6.56. The van der Waals surface area contributed by atoms with Crippen LogP contribution in [0.3, 0.4) is 0 Å². The van der Waals surface area contributed by atoms with E-state index in [0.717, 1.165) is 48.9 Å². The summed E-state index contributed by atoms with van der Waals surface area (Å²) < 4.78 is 12.5. The van der Waals surface area contributed by atoms with Gasteiger partial charge >= 0.3 is 0 Å². The van der Waals surface area contributed by atoms with E-state index in [9.17, 15) is 0 Å². The van der Waals surface area contributed by atoms with Crippen molar-refractivity contribution in [3.8, 4) is 11.5 Å². The molecule has 3 aromatic rings. The van der Waals surface area contributed by atoms with Gasteiger partial charge in [0.25, 0.3) is 0 Å². The lowest BCUT2D eigenvalue weighted by molar-refractivity contribution is 0.0632. The Hall–Kier alpha value is -2.49. The minimum atomic E-state index is -0.0985. The van der Waals surface area contributed by atoms with Crippen LogP contribution in [0.4, 0.5) is 0 Å². The first kappa shape index (κ1) is 20.8. The van der Waals surface area contributed by atoms with E-state index < -0.39 is 0 Å². The molecule has 4 heteroatoms. The zero-order valence-electron chi connectivity index (χ0n) is 17.1. The fraction of sp³-hybridized carbons (Fsp3) is 0.308. The van der Waals surface area contributed by atoms with E-state index in [-0.39, 0.29) is 11.5 Å². The number of para-hydroxylation sites is 1. The van der Waals surface area contributed by atoms with Crippen molar-refractivity contribution in [2.75, 3.05) is 19.7 Å². The van der Waals surface area contributed by atoms with Gasteiger partial charge in [-0.05, 0) is 67.8 Å². The zero-order valence-corrected chi connectivity index (χ0v) is 17.9. The Labute approximate surface area is 184 Å². The molecule has 3 aromatic carbocycles. The van der Waals surface area contributed by atoms with Crippen LogP contribution in [-0.2, 0) is 5.41 Å². The summed E-state index contributed by atoms with van der Waals surface area (Å²) in [5.41, 5.74) is 1.23. The molecule has 1 heterocycles. The molecule has 2 unspecified atom stereocenters. The van der Waals surface area contributed by atoms with Gasteiger partial charge in [-0.3, -0.25) is 0 Å². The van der Waals surface area contributed by atoms with Crippen molar-refractivity contribution < 1.29 is 9.47 Å². The first-order chi connectivity index (χ1) is 14.8. The van der Waals surface area contributed by atoms with Gasteiger partial charge in [0, 0.05) is 17.0 Å². The third-order valence-corrected chi connectivity index (χ3v) is 6.11. The van der Waals surface area contributed by atoms with Crippen LogP contribution in [0.25, 0.3) is 0 Å². The summed E-state index contributed by atoms with van der Waals surface area (Å²) >= 11 is 5.97. The molecule has 0 spiro atoms. The molecule has 2 atom stereocenters. The highest BCUT2D eigenvalue weighted by atomic mass is 35.5. The van der Waals surface area contributed by atoms with Crippen LogP contribution < -0.4 is 14.8 Å². The summed E-state index contributed by atoms with van der Waals surface area (Å²) in [6.07, 6.45) is 3.00. The highest BCUT2D eigenvalue weighted by Gasteiger charge is 2.43. The van der Waals surface area contributed by atoms with Crippen LogP contribution in [0.2, 0.25) is 5.02 Å². The third-order valence-electron chi connectivity index (χ3n) is 5.86. The smallest absolute Gasteiger partial charge is 0.119 e. The number of benzene rings is 3. The number of ether oxygens (including phenoxy) is 2. The van der Waals surface area contributed by atoms with E-state index in [1.165, 1.54) is 5.56 Å². The lowest BCUT2D eigenvalue weighted by atomic mass is 9.69. The van der Waals surface area contributed by atoms with E-state index in [4.69, 9.17) is 21.1 Å². The van der Waals surface area contributed by atoms with Crippen LogP contribution in [0, 0.1) is 0 Å². The molecule has 0 aliphatic carbocycles. The van der Waals surface area contributed by atoms with Gasteiger partial charge < -0.3 is 14.8 Å². The molecule has 30 heavy (non-hydrogen) atoms. The molecule has 156 valence electrons. The second-order valence-electron chi connectivity index (χ2n) is 7.81. The number of nitrogens with one attached hydrogen (secondary N) is 1. The molecule has 1 N–H and O–H groups in total. The van der Waals surface area contributed by atoms with E-state index >= 15 is 0 Å². The minimum Gasteiger partial charge on any atom is -0.494 e. The average Bonchev–Trinajstić information content (AvgIpc) is 2.80. The Morgan fingerprint density at radius 2 is 1.57 bits per heavy atom. The first-order valence-electron chi connectivity index (χ1n) is 10.6. The normalized spacial score (nSPS) is 21.2. The predicted octanol–water partition coefficient (Wildman–Crippen LogP) is 5.88. The lowest BCUT2D eigenvalue weighted by Crippen LogP contribution is -2.55. The van der Waals surface area contributed by atoms with Gasteiger partial charge in [0.2, 0.25) is 0 Å². The second kappa shape index (κ2) is 10.0. The quantitative estimate of drug-likeness (QED) is 0.461. The predicted molar refractivity (Wildman–Crippen MR) is 123 cm³/mol. The molecule has 0 bridgehead atoms. The summed E-state index contributed by atoms with van der Waals surface area (Å²) in [6, 6.07) is 28.5. The van der Waals surface area contributed by atoms with E-state index in [1.54, 1.807) is 0 Å². The molecule has 1 aliphatic heterocycles. The fourth-order valence-electron chi connectivity index (χ4n) is 4.33. The summed E-state index contributed by atoms with van der Waals surface area (Å²) in [5.74, 6) is 1.79. The van der Waals surface area contributed by atoms with Gasteiger partial charge in [-0.1, -0.05) is 60.1 Å². The van der Waals surface area contributed by atoms with Crippen LogP contribution in [-0.4, -0.2) is 25.8 Å². The Balaban J connectivity index is 1.50. The number of halogens is 1. The Kier molecular flexibility index (Phi) is 6.93. The molecular weight excluding hydrogens is 394 g/mol. The van der Waals surface area contributed by atoms with Crippen molar-refractivity contribution in [1.82, 2.24) is 5.32 Å². The Morgan fingerprint density at radius 1 is 0.867 bits per heavy atom. The number of piperidine rings is 1. The van der Waals surface area contributed by atoms with Crippen molar-refractivity contribution in [1.29, 1.82) is 0 Å². The summed E-state index contributed by atoms with van der Waals surface area (Å²) in [7, 11) is 0. The van der Waals surface area contributed by atoms with Crippen molar-refractivity contribution in [3.63, 3.8) is 0 Å². The van der Waals surface area contributed by atoms with Gasteiger partial charge in [-0.15, -0.1) is 0 Å². The first-order valence-corrected chi connectivity index (χ1v) is 11.0. The second-order valence-corrected chi connectivity index (χ2v) is 8.25. The van der Waals surface area contributed by atoms with Gasteiger partial charge in [0.1, 0.15) is 17.6 Å². The average molecular weight is 422 g/mol. The number of hydrogen-bond acceptors (Lipinski definition) is 3. The van der Waals surface area contributed by atoms with Crippen LogP contribution >= 0.6 is 11.6 Å². The molecule has 4 rings (SSSR count). The van der Waals surface area contributed by atoms with Gasteiger partial charge in [0.15, 0.2) is 0 Å². The molecule has 0 aromatic heterocycles. The molecule has 1 fully saturated rings. The highest BCUT2D eigenvalue weighted by molar-refractivity contribution is 6.30.